The van der Waals surface area contributed by atoms with Crippen LogP contribution in [0, 0.1) is 0 Å². The van der Waals surface area contributed by atoms with E-state index in [4.69, 9.17) is 9.05 Å². The summed E-state index contributed by atoms with van der Waals surface area (Å²) in [6.45, 7) is 4.83. The van der Waals surface area contributed by atoms with E-state index in [1.165, 1.54) is 263 Å². The number of hydrogen-bond donors (Lipinski definition) is 3. The van der Waals surface area contributed by atoms with Gasteiger partial charge in [0.05, 0.1) is 39.9 Å². The summed E-state index contributed by atoms with van der Waals surface area (Å²) in [6.07, 6.45) is 75.9. The van der Waals surface area contributed by atoms with Gasteiger partial charge in [0.25, 0.3) is 0 Å². The van der Waals surface area contributed by atoms with Crippen molar-refractivity contribution in [1.29, 1.82) is 0 Å². The van der Waals surface area contributed by atoms with Gasteiger partial charge in [0.1, 0.15) is 13.2 Å². The van der Waals surface area contributed by atoms with Crippen molar-refractivity contribution in [3.05, 3.63) is 36.5 Å². The molecule has 0 bridgehead atoms. The van der Waals surface area contributed by atoms with E-state index < -0.39 is 20.0 Å². The van der Waals surface area contributed by atoms with Gasteiger partial charge in [0.2, 0.25) is 5.91 Å². The summed E-state index contributed by atoms with van der Waals surface area (Å²) in [7, 11) is 1.59. The number of likely N-dealkylation sites (N-methyl/N-ethyl adjacent to an activating group) is 1. The molecular formula is C66H130N2O6P+. The minimum absolute atomic E-state index is 0.0638. The van der Waals surface area contributed by atoms with Crippen LogP contribution in [0.3, 0.4) is 0 Å². The summed E-state index contributed by atoms with van der Waals surface area (Å²) in [6, 6.07) is -0.843. The smallest absolute Gasteiger partial charge is 0.387 e. The highest BCUT2D eigenvalue weighted by Gasteiger charge is 2.28. The number of rotatable bonds is 61. The summed E-state index contributed by atoms with van der Waals surface area (Å²) in [5.74, 6) is -0.172. The SMILES string of the molecule is CCCCCCC/C=C\C/C=C\CCCCCCCCCCCCCCCCCCCCCCCCCCCCCCCC(=O)NC(COP(=O)(O)OCC[N+](C)(C)C)C(O)/C=C/CCCCCCCCCCCC. The van der Waals surface area contributed by atoms with Gasteiger partial charge in [0.15, 0.2) is 0 Å². The first-order chi connectivity index (χ1) is 36.5. The molecule has 8 nitrogen and oxygen atoms in total. The Morgan fingerprint density at radius 2 is 0.760 bits per heavy atom. The van der Waals surface area contributed by atoms with Crippen LogP contribution >= 0.6 is 7.82 Å². The van der Waals surface area contributed by atoms with Crippen molar-refractivity contribution in [2.75, 3.05) is 40.9 Å². The van der Waals surface area contributed by atoms with E-state index >= 15 is 0 Å². The molecule has 0 aromatic heterocycles. The van der Waals surface area contributed by atoms with Crippen molar-refractivity contribution in [1.82, 2.24) is 5.32 Å². The Bertz CT molecular complexity index is 1320. The fraction of sp³-hybridized carbons (Fsp3) is 0.894. The maximum Gasteiger partial charge on any atom is 0.472 e. The van der Waals surface area contributed by atoms with Crippen LogP contribution in [0.1, 0.15) is 328 Å². The fourth-order valence-corrected chi connectivity index (χ4v) is 10.7. The van der Waals surface area contributed by atoms with Crippen molar-refractivity contribution in [2.45, 2.75) is 341 Å². The molecule has 0 saturated carbocycles. The number of aliphatic hydroxyl groups excluding tert-OH is 1. The Hall–Kier alpha value is -1.28. The molecule has 0 spiro atoms. The van der Waals surface area contributed by atoms with Gasteiger partial charge in [0, 0.05) is 6.42 Å². The summed E-state index contributed by atoms with van der Waals surface area (Å²) < 4.78 is 23.7. The summed E-state index contributed by atoms with van der Waals surface area (Å²) in [4.78, 5) is 23.3. The molecule has 1 amide bonds. The van der Waals surface area contributed by atoms with E-state index in [2.05, 4.69) is 43.5 Å². The van der Waals surface area contributed by atoms with Crippen LogP contribution in [0.5, 0.6) is 0 Å². The van der Waals surface area contributed by atoms with Crippen LogP contribution in [0.25, 0.3) is 0 Å². The van der Waals surface area contributed by atoms with Crippen LogP contribution in [-0.4, -0.2) is 73.4 Å². The van der Waals surface area contributed by atoms with Crippen molar-refractivity contribution >= 4 is 13.7 Å². The van der Waals surface area contributed by atoms with E-state index in [0.29, 0.717) is 17.4 Å². The number of nitrogens with one attached hydrogen (secondary N) is 1. The monoisotopic (exact) mass is 1080 g/mol. The maximum absolute atomic E-state index is 13.0. The van der Waals surface area contributed by atoms with Gasteiger partial charge in [-0.15, -0.1) is 0 Å². The first-order valence-electron chi connectivity index (χ1n) is 32.9. The molecule has 0 aliphatic carbocycles. The number of allylic oxidation sites excluding steroid dienone is 5. The number of amides is 1. The molecule has 444 valence electrons. The zero-order valence-corrected chi connectivity index (χ0v) is 51.7. The Morgan fingerprint density at radius 3 is 1.09 bits per heavy atom. The van der Waals surface area contributed by atoms with Crippen molar-refractivity contribution in [3.63, 3.8) is 0 Å². The second kappa shape index (κ2) is 57.4. The van der Waals surface area contributed by atoms with E-state index in [1.807, 2.05) is 27.2 Å². The van der Waals surface area contributed by atoms with Crippen molar-refractivity contribution < 1.29 is 32.9 Å². The Morgan fingerprint density at radius 1 is 0.453 bits per heavy atom. The largest absolute Gasteiger partial charge is 0.472 e. The number of hydrogen-bond acceptors (Lipinski definition) is 5. The average molecular weight is 1080 g/mol. The predicted octanol–water partition coefficient (Wildman–Crippen LogP) is 20.5. The molecule has 0 aliphatic heterocycles. The molecular weight excluding hydrogens is 948 g/mol. The summed E-state index contributed by atoms with van der Waals surface area (Å²) >= 11 is 0. The third-order valence-electron chi connectivity index (χ3n) is 15.1. The molecule has 0 aliphatic rings. The lowest BCUT2D eigenvalue weighted by atomic mass is 10.0. The van der Waals surface area contributed by atoms with Gasteiger partial charge >= 0.3 is 7.82 Å². The highest BCUT2D eigenvalue weighted by molar-refractivity contribution is 7.47. The van der Waals surface area contributed by atoms with Gasteiger partial charge in [-0.3, -0.25) is 13.8 Å². The molecule has 3 atom stereocenters. The van der Waals surface area contributed by atoms with Crippen LogP contribution in [0.2, 0.25) is 0 Å². The van der Waals surface area contributed by atoms with Gasteiger partial charge < -0.3 is 19.8 Å². The van der Waals surface area contributed by atoms with Gasteiger partial charge in [-0.05, 0) is 51.4 Å². The zero-order chi connectivity index (χ0) is 54.9. The lowest BCUT2D eigenvalue weighted by Crippen LogP contribution is -2.45. The second-order valence-electron chi connectivity index (χ2n) is 23.8. The molecule has 0 fully saturated rings. The molecule has 0 radical (unpaired) electrons. The lowest BCUT2D eigenvalue weighted by Gasteiger charge is -2.25. The molecule has 75 heavy (non-hydrogen) atoms. The number of unbranched alkanes of at least 4 members (excludes halogenated alkanes) is 44. The Balaban J connectivity index is 3.80. The van der Waals surface area contributed by atoms with Gasteiger partial charge in [-0.1, -0.05) is 307 Å². The fourth-order valence-electron chi connectivity index (χ4n) is 9.96. The quantitative estimate of drug-likeness (QED) is 0.0243. The maximum atomic E-state index is 13.0. The third-order valence-corrected chi connectivity index (χ3v) is 16.1. The summed E-state index contributed by atoms with van der Waals surface area (Å²) in [5, 5.41) is 13.9. The highest BCUT2D eigenvalue weighted by atomic mass is 31.2. The number of nitrogens with zero attached hydrogens (tertiary/aromatic N) is 1. The Kier molecular flexibility index (Phi) is 56.4. The van der Waals surface area contributed by atoms with E-state index in [1.54, 1.807) is 6.08 Å². The van der Waals surface area contributed by atoms with Gasteiger partial charge in [-0.25, -0.2) is 4.57 Å². The Labute approximate surface area is 467 Å². The number of phosphoric ester groups is 1. The number of carbonyl (C=O) groups is 1. The molecule has 0 saturated heterocycles. The van der Waals surface area contributed by atoms with Gasteiger partial charge in [-0.2, -0.15) is 0 Å². The normalized spacial score (nSPS) is 14.0. The molecule has 0 aromatic carbocycles. The van der Waals surface area contributed by atoms with Crippen molar-refractivity contribution in [2.24, 2.45) is 0 Å². The predicted molar refractivity (Wildman–Crippen MR) is 328 cm³/mol. The van der Waals surface area contributed by atoms with E-state index in [-0.39, 0.29) is 19.1 Å². The molecule has 9 heteroatoms. The number of carbonyl (C=O) groups excluding carboxylic acids is 1. The second-order valence-corrected chi connectivity index (χ2v) is 25.3. The van der Waals surface area contributed by atoms with E-state index in [9.17, 15) is 19.4 Å². The van der Waals surface area contributed by atoms with E-state index in [0.717, 1.165) is 44.9 Å². The van der Waals surface area contributed by atoms with Crippen molar-refractivity contribution in [3.8, 4) is 0 Å². The van der Waals surface area contributed by atoms with Crippen LogP contribution < -0.4 is 5.32 Å². The topological polar surface area (TPSA) is 105 Å². The number of quaternary nitrogens is 1. The minimum Gasteiger partial charge on any atom is -0.387 e. The average Bonchev–Trinajstić information content (AvgIpc) is 3.37. The van der Waals surface area contributed by atoms with Crippen LogP contribution in [0.4, 0.5) is 0 Å². The standard InChI is InChI=1S/C66H129N2O6P/c1-6-8-10-12-14-16-18-20-21-22-23-24-25-26-27-28-29-30-31-32-33-34-35-36-37-38-39-40-41-42-43-44-45-46-47-48-50-52-54-56-58-60-66(70)67-64(63-74-75(71,72)73-62-61-68(3,4)5)65(69)59-57-55-53-51-49-19-17-15-13-11-9-7-2/h18,20,22-23,57,59,64-65,69H,6-17,19,21,24-56,58,60-63H2,1-5H3,(H-,67,70,71,72)/p+1/b20-18-,23-22-,59-57+. The minimum atomic E-state index is -4.34. The molecule has 3 unspecified atom stereocenters. The zero-order valence-electron chi connectivity index (χ0n) is 50.8. The molecule has 0 aromatic rings. The lowest BCUT2D eigenvalue weighted by molar-refractivity contribution is -0.870. The molecule has 0 rings (SSSR count). The number of phosphoric acid groups is 1. The van der Waals surface area contributed by atoms with Crippen LogP contribution in [0.15, 0.2) is 36.5 Å². The molecule has 0 heterocycles. The highest BCUT2D eigenvalue weighted by Crippen LogP contribution is 2.43. The first kappa shape index (κ1) is 73.7. The molecule has 3 N–H and O–H groups in total. The third kappa shape index (κ3) is 60.2. The first-order valence-corrected chi connectivity index (χ1v) is 34.4. The van der Waals surface area contributed by atoms with Crippen LogP contribution in [-0.2, 0) is 18.4 Å². The number of aliphatic hydroxyl groups is 1. The summed E-state index contributed by atoms with van der Waals surface area (Å²) in [5.41, 5.74) is 0.